The molecule has 0 spiro atoms. The van der Waals surface area contributed by atoms with Crippen LogP contribution in [0.5, 0.6) is 0 Å². The van der Waals surface area contributed by atoms with Gasteiger partial charge in [-0.15, -0.1) is 27.7 Å². The summed E-state index contributed by atoms with van der Waals surface area (Å²) in [6.45, 7) is 0. The molecule has 0 bridgehead atoms. The van der Waals surface area contributed by atoms with E-state index < -0.39 is 0 Å². The molecular weight excluding hydrogens is 264 g/mol. The van der Waals surface area contributed by atoms with Crippen LogP contribution in [0.15, 0.2) is 35.0 Å². The molecule has 0 aliphatic carbocycles. The fourth-order valence-electron chi connectivity index (χ4n) is 0.393. The topological polar surface area (TPSA) is 0 Å². The van der Waals surface area contributed by atoms with Crippen LogP contribution in [0.25, 0.3) is 0 Å². The van der Waals surface area contributed by atoms with Gasteiger partial charge in [0.25, 0.3) is 0 Å². The minimum atomic E-state index is 0. The zero-order chi connectivity index (χ0) is 7.07. The third-order valence-electron chi connectivity index (χ3n) is 0.758. The Labute approximate surface area is 108 Å². The molecular formula is C8H7BrMgS2. The van der Waals surface area contributed by atoms with Crippen LogP contribution < -0.4 is 0 Å². The van der Waals surface area contributed by atoms with E-state index >= 15 is 0 Å². The summed E-state index contributed by atoms with van der Waals surface area (Å²) >= 11 is 3.18. The van der Waals surface area contributed by atoms with E-state index in [9.17, 15) is 0 Å². The van der Waals surface area contributed by atoms with Gasteiger partial charge in [0.1, 0.15) is 0 Å². The van der Waals surface area contributed by atoms with Crippen molar-refractivity contribution in [2.24, 2.45) is 0 Å². The molecule has 0 aromatic carbocycles. The summed E-state index contributed by atoms with van der Waals surface area (Å²) in [6.07, 6.45) is 0. The molecule has 2 rings (SSSR count). The Bertz CT molecular complexity index is 156. The van der Waals surface area contributed by atoms with E-state index in [2.05, 4.69) is 10.8 Å². The fourth-order valence-corrected chi connectivity index (χ4v) is 1.18. The van der Waals surface area contributed by atoms with E-state index in [-0.39, 0.29) is 40.0 Å². The first-order valence-corrected chi connectivity index (χ1v) is 4.55. The van der Waals surface area contributed by atoms with Crippen LogP contribution in [0.1, 0.15) is 0 Å². The van der Waals surface area contributed by atoms with Gasteiger partial charge in [-0.3, -0.25) is 0 Å². The maximum Gasteiger partial charge on any atom is 2.00 e. The second-order valence-corrected chi connectivity index (χ2v) is 2.95. The molecule has 2 heterocycles. The van der Waals surface area contributed by atoms with Crippen molar-refractivity contribution in [3.63, 3.8) is 0 Å². The molecule has 2 aromatic heterocycles. The summed E-state index contributed by atoms with van der Waals surface area (Å²) in [5.74, 6) is 0. The maximum atomic E-state index is 2.90. The summed E-state index contributed by atoms with van der Waals surface area (Å²) in [6, 6.07) is 7.71. The number of hydrogen-bond acceptors (Lipinski definition) is 2. The quantitative estimate of drug-likeness (QED) is 0.509. The predicted octanol–water partition coefficient (Wildman–Crippen LogP) is 3.29. The van der Waals surface area contributed by atoms with Crippen LogP contribution >= 0.6 is 39.7 Å². The molecule has 2 aromatic rings. The molecule has 60 valence electrons. The van der Waals surface area contributed by atoms with Crippen molar-refractivity contribution in [3.05, 3.63) is 45.8 Å². The Balaban J connectivity index is 0. The van der Waals surface area contributed by atoms with Gasteiger partial charge in [-0.05, 0) is 0 Å². The molecule has 0 N–H and O–H groups in total. The molecule has 4 heteroatoms. The van der Waals surface area contributed by atoms with Crippen molar-refractivity contribution in [3.8, 4) is 0 Å². The van der Waals surface area contributed by atoms with Gasteiger partial charge >= 0.3 is 23.1 Å². The van der Waals surface area contributed by atoms with Crippen molar-refractivity contribution in [2.45, 2.75) is 0 Å². The summed E-state index contributed by atoms with van der Waals surface area (Å²) in [7, 11) is 0. The van der Waals surface area contributed by atoms with Crippen molar-refractivity contribution in [1.82, 2.24) is 0 Å². The minimum absolute atomic E-state index is 0. The SMILES string of the molecule is Br.[Mg+2].[c-]1cccs1.[c-]1cccs1. The van der Waals surface area contributed by atoms with E-state index in [1.807, 2.05) is 35.0 Å². The first-order chi connectivity index (χ1) is 5.00. The van der Waals surface area contributed by atoms with Crippen LogP contribution in [0.3, 0.4) is 0 Å². The summed E-state index contributed by atoms with van der Waals surface area (Å²) in [5.41, 5.74) is 0. The standard InChI is InChI=1S/2C4H3S.BrH.Mg/c2*1-2-4-5-3-1;;/h2*1-3H;1H;/q2*-1;;+2. The van der Waals surface area contributed by atoms with Crippen LogP contribution in [0.4, 0.5) is 0 Å². The van der Waals surface area contributed by atoms with Crippen molar-refractivity contribution in [1.29, 1.82) is 0 Å². The van der Waals surface area contributed by atoms with Crippen LogP contribution in [0.2, 0.25) is 0 Å². The summed E-state index contributed by atoms with van der Waals surface area (Å²) in [4.78, 5) is 0. The molecule has 0 nitrogen and oxygen atoms in total. The second-order valence-electron chi connectivity index (χ2n) is 1.46. The average Bonchev–Trinajstić information content (AvgIpc) is 2.67. The maximum absolute atomic E-state index is 2.90. The first kappa shape index (κ1) is 15.1. The zero-order valence-corrected chi connectivity index (χ0v) is 11.2. The molecule has 0 saturated carbocycles. The Morgan fingerprint density at radius 3 is 1.33 bits per heavy atom. The molecule has 0 saturated heterocycles. The normalized spacial score (nSPS) is 6.67. The number of thiophene rings is 2. The third kappa shape index (κ3) is 8.74. The zero-order valence-electron chi connectivity index (χ0n) is 6.40. The predicted molar refractivity (Wildman–Crippen MR) is 62.4 cm³/mol. The van der Waals surface area contributed by atoms with Gasteiger partial charge in [0, 0.05) is 0 Å². The minimum Gasteiger partial charge on any atom is -0.304 e. The molecule has 12 heavy (non-hydrogen) atoms. The molecule has 0 fully saturated rings. The Hall–Kier alpha value is 0.646. The van der Waals surface area contributed by atoms with Crippen LogP contribution in [-0.4, -0.2) is 23.1 Å². The Morgan fingerprint density at radius 2 is 1.25 bits per heavy atom. The van der Waals surface area contributed by atoms with Gasteiger partial charge in [0.15, 0.2) is 0 Å². The first-order valence-electron chi connectivity index (χ1n) is 2.79. The van der Waals surface area contributed by atoms with E-state index in [1.54, 1.807) is 22.7 Å². The molecule has 0 radical (unpaired) electrons. The number of rotatable bonds is 0. The molecule has 0 aliphatic heterocycles. The van der Waals surface area contributed by atoms with Gasteiger partial charge in [-0.25, -0.2) is 12.1 Å². The van der Waals surface area contributed by atoms with Gasteiger partial charge in [0.2, 0.25) is 0 Å². The van der Waals surface area contributed by atoms with Crippen molar-refractivity contribution < 1.29 is 0 Å². The van der Waals surface area contributed by atoms with Gasteiger partial charge in [0.05, 0.1) is 0 Å². The summed E-state index contributed by atoms with van der Waals surface area (Å²) < 4.78 is 0. The number of halogens is 1. The van der Waals surface area contributed by atoms with Gasteiger partial charge < -0.3 is 22.7 Å². The van der Waals surface area contributed by atoms with Gasteiger partial charge in [-0.2, -0.15) is 22.9 Å². The second kappa shape index (κ2) is 11.6. The van der Waals surface area contributed by atoms with Gasteiger partial charge in [-0.1, -0.05) is 0 Å². The van der Waals surface area contributed by atoms with Crippen molar-refractivity contribution >= 4 is 62.7 Å². The third-order valence-corrected chi connectivity index (χ3v) is 1.89. The Kier molecular flexibility index (Phi) is 14.7. The number of hydrogen-bond donors (Lipinski definition) is 0. The van der Waals surface area contributed by atoms with E-state index in [0.29, 0.717) is 0 Å². The largest absolute Gasteiger partial charge is 2.00 e. The summed E-state index contributed by atoms with van der Waals surface area (Å²) in [5, 5.41) is 9.78. The van der Waals surface area contributed by atoms with E-state index in [4.69, 9.17) is 0 Å². The molecule has 0 amide bonds. The smallest absolute Gasteiger partial charge is 0.304 e. The average molecular weight is 271 g/mol. The van der Waals surface area contributed by atoms with E-state index in [1.165, 1.54) is 0 Å². The fraction of sp³-hybridized carbons (Fsp3) is 0. The van der Waals surface area contributed by atoms with Crippen molar-refractivity contribution in [2.75, 3.05) is 0 Å². The molecule has 0 atom stereocenters. The Morgan fingerprint density at radius 1 is 0.833 bits per heavy atom. The molecule has 0 unspecified atom stereocenters. The van der Waals surface area contributed by atoms with Crippen LogP contribution in [-0.2, 0) is 0 Å². The monoisotopic (exact) mass is 270 g/mol. The molecule has 0 aliphatic rings. The van der Waals surface area contributed by atoms with E-state index in [0.717, 1.165) is 0 Å². The van der Waals surface area contributed by atoms with Crippen LogP contribution in [0, 0.1) is 10.8 Å².